The summed E-state index contributed by atoms with van der Waals surface area (Å²) in [5.74, 6) is 0. The molecule has 0 spiro atoms. The average Bonchev–Trinajstić information content (AvgIpc) is 2.22. The van der Waals surface area contributed by atoms with Crippen LogP contribution in [0.3, 0.4) is 0 Å². The molecular formula is C13H20N2O. The maximum atomic E-state index is 10.0. The number of nitrogens with zero attached hydrogens (tertiary/aromatic N) is 1. The summed E-state index contributed by atoms with van der Waals surface area (Å²) in [6.45, 7) is 14.7. The highest BCUT2D eigenvalue weighted by atomic mass is 16.3. The van der Waals surface area contributed by atoms with E-state index in [4.69, 9.17) is 0 Å². The maximum Gasteiger partial charge on any atom is 0.107 e. The van der Waals surface area contributed by atoms with E-state index < -0.39 is 5.60 Å². The van der Waals surface area contributed by atoms with E-state index in [-0.39, 0.29) is 0 Å². The Balaban J connectivity index is 4.51. The Morgan fingerprint density at radius 3 is 2.31 bits per heavy atom. The van der Waals surface area contributed by atoms with Gasteiger partial charge in [0.2, 0.25) is 0 Å². The third kappa shape index (κ3) is 4.28. The summed E-state index contributed by atoms with van der Waals surface area (Å²) in [5, 5.41) is 12.9. The molecule has 0 heterocycles. The van der Waals surface area contributed by atoms with E-state index >= 15 is 0 Å². The van der Waals surface area contributed by atoms with Gasteiger partial charge in [-0.1, -0.05) is 25.8 Å². The predicted molar refractivity (Wildman–Crippen MR) is 70.4 cm³/mol. The molecule has 3 nitrogen and oxygen atoms in total. The number of allylic oxidation sites excluding steroid dienone is 1. The van der Waals surface area contributed by atoms with Gasteiger partial charge in [0.1, 0.15) is 5.60 Å². The molecule has 0 aromatic heterocycles. The fourth-order valence-electron chi connectivity index (χ4n) is 0.833. The molecule has 0 aromatic carbocycles. The lowest BCUT2D eigenvalue weighted by molar-refractivity contribution is 0.142. The van der Waals surface area contributed by atoms with Crippen LogP contribution in [0.1, 0.15) is 13.8 Å². The Bertz CT molecular complexity index is 349. The van der Waals surface area contributed by atoms with Crippen molar-refractivity contribution in [2.75, 3.05) is 7.05 Å². The molecule has 0 saturated heterocycles. The van der Waals surface area contributed by atoms with Crippen molar-refractivity contribution in [3.8, 4) is 0 Å². The van der Waals surface area contributed by atoms with Crippen LogP contribution in [0, 0.1) is 0 Å². The second kappa shape index (κ2) is 6.08. The molecule has 0 rings (SSSR count). The van der Waals surface area contributed by atoms with Crippen LogP contribution in [0.4, 0.5) is 0 Å². The first-order chi connectivity index (χ1) is 7.32. The molecule has 0 aliphatic rings. The molecule has 0 amide bonds. The van der Waals surface area contributed by atoms with Crippen molar-refractivity contribution in [3.63, 3.8) is 0 Å². The van der Waals surface area contributed by atoms with E-state index in [2.05, 4.69) is 30.0 Å². The summed E-state index contributed by atoms with van der Waals surface area (Å²) >= 11 is 0. The summed E-state index contributed by atoms with van der Waals surface area (Å²) < 4.78 is 0. The Morgan fingerprint density at radius 1 is 1.31 bits per heavy atom. The molecule has 0 bridgehead atoms. The van der Waals surface area contributed by atoms with Gasteiger partial charge in [0.25, 0.3) is 0 Å². The van der Waals surface area contributed by atoms with Crippen LogP contribution >= 0.6 is 0 Å². The Labute approximate surface area is 97.6 Å². The van der Waals surface area contributed by atoms with E-state index in [1.165, 1.54) is 6.34 Å². The first-order valence-corrected chi connectivity index (χ1v) is 4.94. The van der Waals surface area contributed by atoms with Gasteiger partial charge in [-0.3, -0.25) is 4.99 Å². The minimum absolute atomic E-state index is 0.566. The number of aliphatic hydroxyl groups is 1. The van der Waals surface area contributed by atoms with E-state index in [1.54, 1.807) is 33.0 Å². The summed E-state index contributed by atoms with van der Waals surface area (Å²) in [4.78, 5) is 3.76. The summed E-state index contributed by atoms with van der Waals surface area (Å²) in [5.41, 5.74) is 0.798. The first-order valence-electron chi connectivity index (χ1n) is 4.94. The molecular weight excluding hydrogens is 200 g/mol. The monoisotopic (exact) mass is 220 g/mol. The molecule has 1 atom stereocenters. The lowest BCUT2D eigenvalue weighted by atomic mass is 9.90. The topological polar surface area (TPSA) is 44.6 Å². The van der Waals surface area contributed by atoms with Crippen LogP contribution in [0.15, 0.2) is 53.7 Å². The minimum Gasteiger partial charge on any atom is -0.381 e. The molecule has 0 radical (unpaired) electrons. The zero-order valence-corrected chi connectivity index (χ0v) is 10.2. The van der Waals surface area contributed by atoms with Crippen molar-refractivity contribution in [1.82, 2.24) is 5.32 Å². The predicted octanol–water partition coefficient (Wildman–Crippen LogP) is 2.19. The molecule has 16 heavy (non-hydrogen) atoms. The van der Waals surface area contributed by atoms with Gasteiger partial charge in [0.15, 0.2) is 0 Å². The fraction of sp³-hybridized carbons (Fsp3) is 0.308. The second-order valence-electron chi connectivity index (χ2n) is 3.77. The van der Waals surface area contributed by atoms with Crippen molar-refractivity contribution in [1.29, 1.82) is 0 Å². The summed E-state index contributed by atoms with van der Waals surface area (Å²) in [6, 6.07) is 0. The van der Waals surface area contributed by atoms with Gasteiger partial charge in [0.05, 0.1) is 6.34 Å². The Morgan fingerprint density at radius 2 is 1.88 bits per heavy atom. The highest BCUT2D eigenvalue weighted by molar-refractivity contribution is 5.58. The standard InChI is InChI=1S/C13H20N2O/c1-10(2)13(5,16)11(3)7-8-12(4)15-9-14-6/h7-9,16H,1,3-4H2,2,5-6H3,(H,14,15)/b8-7+. The fourth-order valence-corrected chi connectivity index (χ4v) is 0.833. The first kappa shape index (κ1) is 14.4. The smallest absolute Gasteiger partial charge is 0.107 e. The third-order valence-corrected chi connectivity index (χ3v) is 2.32. The van der Waals surface area contributed by atoms with E-state index in [1.807, 2.05) is 0 Å². The highest BCUT2D eigenvalue weighted by Gasteiger charge is 2.22. The van der Waals surface area contributed by atoms with Gasteiger partial charge >= 0.3 is 0 Å². The van der Waals surface area contributed by atoms with E-state index in [0.29, 0.717) is 16.8 Å². The van der Waals surface area contributed by atoms with Gasteiger partial charge in [0, 0.05) is 12.7 Å². The lowest BCUT2D eigenvalue weighted by Crippen LogP contribution is -2.26. The Kier molecular flexibility index (Phi) is 5.47. The quantitative estimate of drug-likeness (QED) is 0.312. The number of nitrogens with one attached hydrogen (secondary N) is 1. The van der Waals surface area contributed by atoms with Gasteiger partial charge in [-0.2, -0.15) is 0 Å². The van der Waals surface area contributed by atoms with Crippen molar-refractivity contribution in [2.24, 2.45) is 4.99 Å². The molecule has 0 aliphatic carbocycles. The molecule has 0 aliphatic heterocycles. The maximum absolute atomic E-state index is 10.0. The zero-order chi connectivity index (χ0) is 12.8. The molecule has 0 aromatic rings. The van der Waals surface area contributed by atoms with Crippen LogP contribution in [0.25, 0.3) is 0 Å². The average molecular weight is 220 g/mol. The van der Waals surface area contributed by atoms with Gasteiger partial charge in [-0.05, 0) is 31.1 Å². The second-order valence-corrected chi connectivity index (χ2v) is 3.77. The molecule has 0 saturated carbocycles. The molecule has 1 unspecified atom stereocenters. The normalized spacial score (nSPS) is 15.0. The van der Waals surface area contributed by atoms with E-state index in [9.17, 15) is 5.11 Å². The molecule has 3 heteroatoms. The van der Waals surface area contributed by atoms with Crippen LogP contribution < -0.4 is 5.32 Å². The largest absolute Gasteiger partial charge is 0.381 e. The van der Waals surface area contributed by atoms with Crippen molar-refractivity contribution < 1.29 is 5.11 Å². The number of hydrogen-bond acceptors (Lipinski definition) is 2. The number of hydrogen-bond donors (Lipinski definition) is 2. The number of aliphatic imine (C=N–C) groups is 1. The van der Waals surface area contributed by atoms with Crippen LogP contribution in [0.2, 0.25) is 0 Å². The van der Waals surface area contributed by atoms with Crippen LogP contribution in [0.5, 0.6) is 0 Å². The van der Waals surface area contributed by atoms with Gasteiger partial charge in [-0.25, -0.2) is 0 Å². The van der Waals surface area contributed by atoms with Gasteiger partial charge < -0.3 is 10.4 Å². The molecule has 0 fully saturated rings. The minimum atomic E-state index is -1.09. The lowest BCUT2D eigenvalue weighted by Gasteiger charge is -2.24. The van der Waals surface area contributed by atoms with Crippen molar-refractivity contribution in [3.05, 3.63) is 48.7 Å². The third-order valence-electron chi connectivity index (χ3n) is 2.32. The van der Waals surface area contributed by atoms with Crippen LogP contribution in [-0.2, 0) is 0 Å². The SMILES string of the molecule is C=C(/C=C/C(=C)C(C)(O)C(=C)C)NC=NC. The highest BCUT2D eigenvalue weighted by Crippen LogP contribution is 2.23. The number of rotatable bonds is 6. The van der Waals surface area contributed by atoms with Gasteiger partial charge in [-0.15, -0.1) is 0 Å². The van der Waals surface area contributed by atoms with Crippen molar-refractivity contribution >= 4 is 6.34 Å². The molecule has 88 valence electrons. The van der Waals surface area contributed by atoms with Crippen molar-refractivity contribution in [2.45, 2.75) is 19.4 Å². The summed E-state index contributed by atoms with van der Waals surface area (Å²) in [7, 11) is 1.66. The molecule has 2 N–H and O–H groups in total. The van der Waals surface area contributed by atoms with E-state index in [0.717, 1.165) is 0 Å². The van der Waals surface area contributed by atoms with Crippen LogP contribution in [-0.4, -0.2) is 24.1 Å². The summed E-state index contributed by atoms with van der Waals surface area (Å²) in [6.07, 6.45) is 4.96. The Hall–Kier alpha value is -1.61. The zero-order valence-electron chi connectivity index (χ0n) is 10.2.